The highest BCUT2D eigenvalue weighted by Crippen LogP contribution is 2.33. The van der Waals surface area contributed by atoms with Gasteiger partial charge in [-0.15, -0.1) is 0 Å². The van der Waals surface area contributed by atoms with Crippen LogP contribution in [0.15, 0.2) is 42.5 Å². The number of aryl methyl sites for hydroxylation is 1. The standard InChI is InChI=1S/C23H26F2N2O2/c1-16-9-10-18(21(25)20(16)24)23(28)27-13-14-29-19(15-26-11-5-6-12-26)22(27)17-7-3-2-4-8-17/h2-4,7-10,19,22H,5-6,11-15H2,1H3/t19-,22-/m0/s1. The number of benzene rings is 2. The molecule has 0 radical (unpaired) electrons. The average Bonchev–Trinajstić information content (AvgIpc) is 3.25. The lowest BCUT2D eigenvalue weighted by Crippen LogP contribution is -2.51. The van der Waals surface area contributed by atoms with Gasteiger partial charge in [-0.05, 0) is 50.0 Å². The Hall–Kier alpha value is -2.31. The first-order valence-electron chi connectivity index (χ1n) is 10.2. The molecule has 2 heterocycles. The van der Waals surface area contributed by atoms with Crippen LogP contribution in [0.2, 0.25) is 0 Å². The second kappa shape index (κ2) is 8.59. The molecule has 2 fully saturated rings. The van der Waals surface area contributed by atoms with Crippen molar-refractivity contribution in [3.05, 3.63) is 70.8 Å². The average molecular weight is 400 g/mol. The minimum absolute atomic E-state index is 0.188. The van der Waals surface area contributed by atoms with Crippen molar-refractivity contribution in [1.29, 1.82) is 0 Å². The molecule has 2 aliphatic rings. The van der Waals surface area contributed by atoms with Crippen molar-refractivity contribution in [3.63, 3.8) is 0 Å². The van der Waals surface area contributed by atoms with E-state index in [0.717, 1.165) is 18.7 Å². The Labute approximate surface area is 170 Å². The SMILES string of the molecule is Cc1ccc(C(=O)N2CCO[C@@H](CN3CCCC3)[C@@H]2c2ccccc2)c(F)c1F. The zero-order valence-corrected chi connectivity index (χ0v) is 16.6. The molecule has 0 spiro atoms. The van der Waals surface area contributed by atoms with E-state index in [1.807, 2.05) is 30.3 Å². The number of hydrogen-bond donors (Lipinski definition) is 0. The van der Waals surface area contributed by atoms with E-state index in [9.17, 15) is 13.6 Å². The summed E-state index contributed by atoms with van der Waals surface area (Å²) in [6, 6.07) is 12.2. The van der Waals surface area contributed by atoms with Crippen molar-refractivity contribution < 1.29 is 18.3 Å². The Morgan fingerprint density at radius 2 is 1.76 bits per heavy atom. The summed E-state index contributed by atoms with van der Waals surface area (Å²) in [6.45, 7) is 4.96. The van der Waals surface area contributed by atoms with Crippen molar-refractivity contribution in [2.75, 3.05) is 32.8 Å². The first-order chi connectivity index (χ1) is 14.1. The van der Waals surface area contributed by atoms with Crippen LogP contribution in [-0.2, 0) is 4.74 Å². The van der Waals surface area contributed by atoms with E-state index in [4.69, 9.17) is 4.74 Å². The molecule has 4 rings (SSSR count). The number of hydrogen-bond acceptors (Lipinski definition) is 3. The Kier molecular flexibility index (Phi) is 5.92. The molecule has 29 heavy (non-hydrogen) atoms. The van der Waals surface area contributed by atoms with Crippen LogP contribution in [0.1, 0.15) is 40.4 Å². The molecule has 0 aromatic heterocycles. The molecule has 1 amide bonds. The maximum absolute atomic E-state index is 14.6. The predicted octanol–water partition coefficient (Wildman–Crippen LogP) is 3.95. The number of likely N-dealkylation sites (tertiary alicyclic amines) is 1. The first-order valence-corrected chi connectivity index (χ1v) is 10.2. The summed E-state index contributed by atoms with van der Waals surface area (Å²) >= 11 is 0. The monoisotopic (exact) mass is 400 g/mol. The number of amides is 1. The molecule has 0 bridgehead atoms. The van der Waals surface area contributed by atoms with Gasteiger partial charge in [0.2, 0.25) is 0 Å². The fraction of sp³-hybridized carbons (Fsp3) is 0.435. The van der Waals surface area contributed by atoms with E-state index in [1.165, 1.54) is 31.9 Å². The van der Waals surface area contributed by atoms with Gasteiger partial charge in [-0.2, -0.15) is 0 Å². The quantitative estimate of drug-likeness (QED) is 0.779. The Morgan fingerprint density at radius 1 is 1.03 bits per heavy atom. The summed E-state index contributed by atoms with van der Waals surface area (Å²) in [5.41, 5.74) is 0.904. The van der Waals surface area contributed by atoms with E-state index in [1.54, 1.807) is 4.90 Å². The number of carbonyl (C=O) groups is 1. The van der Waals surface area contributed by atoms with Gasteiger partial charge in [0.15, 0.2) is 11.6 Å². The number of ether oxygens (including phenoxy) is 1. The largest absolute Gasteiger partial charge is 0.373 e. The smallest absolute Gasteiger partial charge is 0.257 e. The Bertz CT molecular complexity index is 869. The van der Waals surface area contributed by atoms with Gasteiger partial charge in [-0.3, -0.25) is 4.79 Å². The molecular weight excluding hydrogens is 374 g/mol. The lowest BCUT2D eigenvalue weighted by atomic mass is 9.96. The molecular formula is C23H26F2N2O2. The maximum Gasteiger partial charge on any atom is 0.257 e. The fourth-order valence-electron chi connectivity index (χ4n) is 4.34. The number of halogens is 2. The van der Waals surface area contributed by atoms with Crippen LogP contribution in [0.5, 0.6) is 0 Å². The number of rotatable bonds is 4. The highest BCUT2D eigenvalue weighted by molar-refractivity contribution is 5.95. The van der Waals surface area contributed by atoms with Crippen molar-refractivity contribution in [3.8, 4) is 0 Å². The van der Waals surface area contributed by atoms with Gasteiger partial charge in [0.05, 0.1) is 24.3 Å². The molecule has 0 saturated carbocycles. The lowest BCUT2D eigenvalue weighted by Gasteiger charge is -2.42. The summed E-state index contributed by atoms with van der Waals surface area (Å²) in [5.74, 6) is -2.54. The van der Waals surface area contributed by atoms with Crippen LogP contribution in [0.4, 0.5) is 8.78 Å². The molecule has 2 atom stereocenters. The van der Waals surface area contributed by atoms with Gasteiger partial charge >= 0.3 is 0 Å². The molecule has 2 aromatic carbocycles. The van der Waals surface area contributed by atoms with Crippen LogP contribution >= 0.6 is 0 Å². The van der Waals surface area contributed by atoms with Crippen molar-refractivity contribution in [1.82, 2.24) is 9.80 Å². The molecule has 0 unspecified atom stereocenters. The van der Waals surface area contributed by atoms with E-state index in [-0.39, 0.29) is 23.3 Å². The Morgan fingerprint density at radius 3 is 2.48 bits per heavy atom. The highest BCUT2D eigenvalue weighted by Gasteiger charge is 2.38. The second-order valence-electron chi connectivity index (χ2n) is 7.83. The van der Waals surface area contributed by atoms with Crippen LogP contribution < -0.4 is 0 Å². The third kappa shape index (κ3) is 4.05. The van der Waals surface area contributed by atoms with Gasteiger partial charge < -0.3 is 14.5 Å². The Balaban J connectivity index is 1.68. The summed E-state index contributed by atoms with van der Waals surface area (Å²) in [6.07, 6.45) is 2.12. The van der Waals surface area contributed by atoms with Crippen LogP contribution in [-0.4, -0.2) is 54.6 Å². The number of morpholine rings is 1. The van der Waals surface area contributed by atoms with Crippen molar-refractivity contribution in [2.24, 2.45) is 0 Å². The number of carbonyl (C=O) groups excluding carboxylic acids is 1. The predicted molar refractivity (Wildman–Crippen MR) is 107 cm³/mol. The summed E-state index contributed by atoms with van der Waals surface area (Å²) < 4.78 is 34.8. The van der Waals surface area contributed by atoms with Crippen LogP contribution in [0.25, 0.3) is 0 Å². The third-order valence-electron chi connectivity index (χ3n) is 5.90. The highest BCUT2D eigenvalue weighted by atomic mass is 19.2. The van der Waals surface area contributed by atoms with E-state index >= 15 is 0 Å². The van der Waals surface area contributed by atoms with E-state index in [2.05, 4.69) is 4.90 Å². The summed E-state index contributed by atoms with van der Waals surface area (Å²) in [4.78, 5) is 17.3. The van der Waals surface area contributed by atoms with Gasteiger partial charge in [-0.1, -0.05) is 36.4 Å². The third-order valence-corrected chi connectivity index (χ3v) is 5.90. The maximum atomic E-state index is 14.6. The molecule has 0 N–H and O–H groups in total. The summed E-state index contributed by atoms with van der Waals surface area (Å²) in [5, 5.41) is 0. The van der Waals surface area contributed by atoms with Gasteiger partial charge in [0.25, 0.3) is 5.91 Å². The lowest BCUT2D eigenvalue weighted by molar-refractivity contribution is -0.0708. The van der Waals surface area contributed by atoms with Gasteiger partial charge in [-0.25, -0.2) is 8.78 Å². The topological polar surface area (TPSA) is 32.8 Å². The van der Waals surface area contributed by atoms with Crippen molar-refractivity contribution in [2.45, 2.75) is 31.9 Å². The molecule has 2 saturated heterocycles. The molecule has 6 heteroatoms. The van der Waals surface area contributed by atoms with Crippen molar-refractivity contribution >= 4 is 5.91 Å². The molecule has 0 aliphatic carbocycles. The second-order valence-corrected chi connectivity index (χ2v) is 7.83. The molecule has 2 aliphatic heterocycles. The van der Waals surface area contributed by atoms with Gasteiger partial charge in [0.1, 0.15) is 0 Å². The van der Waals surface area contributed by atoms with Gasteiger partial charge in [0, 0.05) is 13.1 Å². The minimum Gasteiger partial charge on any atom is -0.373 e. The molecule has 4 nitrogen and oxygen atoms in total. The van der Waals surface area contributed by atoms with Crippen LogP contribution in [0, 0.1) is 18.6 Å². The normalized spacial score (nSPS) is 22.8. The molecule has 154 valence electrons. The minimum atomic E-state index is -1.08. The zero-order valence-electron chi connectivity index (χ0n) is 16.6. The van der Waals surface area contributed by atoms with E-state index in [0.29, 0.717) is 19.7 Å². The first kappa shape index (κ1) is 20.0. The summed E-state index contributed by atoms with van der Waals surface area (Å²) in [7, 11) is 0. The fourth-order valence-corrected chi connectivity index (χ4v) is 4.34. The van der Waals surface area contributed by atoms with Crippen LogP contribution in [0.3, 0.4) is 0 Å². The molecule has 2 aromatic rings. The number of nitrogens with zero attached hydrogens (tertiary/aromatic N) is 2. The van der Waals surface area contributed by atoms with E-state index < -0.39 is 17.5 Å². The zero-order chi connectivity index (χ0) is 20.4.